The molecule has 1 spiro atoms. The fraction of sp³-hybridized carbons (Fsp3) is 0.375. The smallest absolute Gasteiger partial charge is 0.250 e. The van der Waals surface area contributed by atoms with Crippen LogP contribution in [0.3, 0.4) is 0 Å². The van der Waals surface area contributed by atoms with Crippen molar-refractivity contribution < 1.29 is 29.0 Å². The second-order valence-electron chi connectivity index (χ2n) is 8.92. The van der Waals surface area contributed by atoms with Crippen molar-refractivity contribution in [1.29, 1.82) is 0 Å². The molecule has 0 saturated carbocycles. The van der Waals surface area contributed by atoms with Crippen molar-refractivity contribution in [2.24, 2.45) is 11.8 Å². The molecule has 0 radical (unpaired) electrons. The molecule has 0 unspecified atom stereocenters. The summed E-state index contributed by atoms with van der Waals surface area (Å²) >= 11 is 0. The van der Waals surface area contributed by atoms with Gasteiger partial charge in [-0.05, 0) is 48.7 Å². The van der Waals surface area contributed by atoms with Crippen LogP contribution in [-0.2, 0) is 26.3 Å². The number of amides is 3. The molecule has 3 aliphatic heterocycles. The van der Waals surface area contributed by atoms with Crippen molar-refractivity contribution in [1.82, 2.24) is 10.2 Å². The van der Waals surface area contributed by atoms with Crippen LogP contribution in [0, 0.1) is 17.7 Å². The van der Waals surface area contributed by atoms with Gasteiger partial charge >= 0.3 is 0 Å². The maximum Gasteiger partial charge on any atom is 0.250 e. The van der Waals surface area contributed by atoms with Gasteiger partial charge in [-0.25, -0.2) is 4.39 Å². The number of aromatic hydroxyl groups is 2. The minimum Gasteiger partial charge on any atom is -0.504 e. The van der Waals surface area contributed by atoms with Gasteiger partial charge in [0, 0.05) is 23.8 Å². The molecule has 3 heterocycles. The van der Waals surface area contributed by atoms with Crippen LogP contribution in [0.15, 0.2) is 36.4 Å². The number of nitrogens with one attached hydrogen (secondary N) is 2. The van der Waals surface area contributed by atoms with E-state index in [4.69, 9.17) is 0 Å². The second-order valence-corrected chi connectivity index (χ2v) is 8.92. The molecule has 172 valence electrons. The van der Waals surface area contributed by atoms with Crippen LogP contribution < -0.4 is 10.6 Å². The van der Waals surface area contributed by atoms with E-state index in [0.717, 1.165) is 6.42 Å². The lowest BCUT2D eigenvalue weighted by atomic mass is 9.76. The molecule has 4 N–H and O–H groups in total. The predicted octanol–water partition coefficient (Wildman–Crippen LogP) is 2.00. The Hall–Kier alpha value is -3.46. The summed E-state index contributed by atoms with van der Waals surface area (Å²) in [6.45, 7) is 2.22. The van der Waals surface area contributed by atoms with Gasteiger partial charge in [0.2, 0.25) is 17.7 Å². The molecule has 0 bridgehead atoms. The number of rotatable bonds is 5. The number of fused-ring (bicyclic) bond motifs is 4. The first-order valence-corrected chi connectivity index (χ1v) is 11.0. The number of unbranched alkanes of at least 4 members (excludes halogenated alkanes) is 1. The first kappa shape index (κ1) is 21.4. The van der Waals surface area contributed by atoms with E-state index >= 15 is 0 Å². The quantitative estimate of drug-likeness (QED) is 0.406. The molecule has 2 aromatic carbocycles. The van der Waals surface area contributed by atoms with Crippen LogP contribution in [0.25, 0.3) is 0 Å². The van der Waals surface area contributed by atoms with Crippen LogP contribution in [0.4, 0.5) is 10.1 Å². The lowest BCUT2D eigenvalue weighted by Gasteiger charge is -2.29. The maximum absolute atomic E-state index is 14.2. The van der Waals surface area contributed by atoms with Gasteiger partial charge < -0.3 is 15.5 Å². The molecule has 4 atom stereocenters. The standard InChI is InChI=1S/C24H24FN3O5/c1-2-3-8-28-21(31)19-16(9-12-4-7-17(29)18(30)10-12)27-24(20(19)22(28)32)14-11-13(25)5-6-15(14)26-23(24)33/h4-7,10-11,16,19-20,27,29-30H,2-3,8-9H2,1H3,(H,26,33)/t16-,19-,20+,24-/m1/s1. The molecule has 8 nitrogen and oxygen atoms in total. The Bertz CT molecular complexity index is 1180. The topological polar surface area (TPSA) is 119 Å². The van der Waals surface area contributed by atoms with E-state index in [0.29, 0.717) is 23.2 Å². The Morgan fingerprint density at radius 2 is 1.85 bits per heavy atom. The van der Waals surface area contributed by atoms with Crippen molar-refractivity contribution in [3.63, 3.8) is 0 Å². The number of likely N-dealkylation sites (tertiary alicyclic amines) is 1. The molecule has 0 aromatic heterocycles. The van der Waals surface area contributed by atoms with Gasteiger partial charge in [-0.2, -0.15) is 0 Å². The summed E-state index contributed by atoms with van der Waals surface area (Å²) < 4.78 is 14.2. The Morgan fingerprint density at radius 3 is 2.58 bits per heavy atom. The number of phenols is 2. The zero-order valence-corrected chi connectivity index (χ0v) is 18.0. The van der Waals surface area contributed by atoms with Gasteiger partial charge in [0.15, 0.2) is 11.5 Å². The minimum absolute atomic E-state index is 0.218. The molecule has 33 heavy (non-hydrogen) atoms. The maximum atomic E-state index is 14.2. The molecule has 2 aromatic rings. The summed E-state index contributed by atoms with van der Waals surface area (Å²) in [5, 5.41) is 25.5. The Morgan fingerprint density at radius 1 is 1.06 bits per heavy atom. The average molecular weight is 453 g/mol. The second kappa shape index (κ2) is 7.55. The lowest BCUT2D eigenvalue weighted by molar-refractivity contribution is -0.142. The van der Waals surface area contributed by atoms with Crippen LogP contribution in [0.5, 0.6) is 11.5 Å². The van der Waals surface area contributed by atoms with Crippen LogP contribution in [-0.4, -0.2) is 45.4 Å². The number of anilines is 1. The number of hydrogen-bond donors (Lipinski definition) is 4. The molecule has 2 fully saturated rings. The molecule has 3 aliphatic rings. The third kappa shape index (κ3) is 3.02. The van der Waals surface area contributed by atoms with Gasteiger partial charge in [-0.1, -0.05) is 19.4 Å². The fourth-order valence-electron chi connectivity index (χ4n) is 5.50. The largest absolute Gasteiger partial charge is 0.504 e. The number of imide groups is 1. The summed E-state index contributed by atoms with van der Waals surface area (Å²) in [6.07, 6.45) is 1.65. The summed E-state index contributed by atoms with van der Waals surface area (Å²) in [6, 6.07) is 7.63. The minimum atomic E-state index is -1.57. The van der Waals surface area contributed by atoms with Gasteiger partial charge in [0.25, 0.3) is 0 Å². The number of halogens is 1. The first-order valence-electron chi connectivity index (χ1n) is 11.0. The highest BCUT2D eigenvalue weighted by atomic mass is 19.1. The molecule has 2 saturated heterocycles. The molecule has 3 amide bonds. The fourth-order valence-corrected chi connectivity index (χ4v) is 5.50. The summed E-state index contributed by atoms with van der Waals surface area (Å²) in [5.41, 5.74) is -0.233. The number of benzene rings is 2. The van der Waals surface area contributed by atoms with E-state index in [1.54, 1.807) is 6.07 Å². The zero-order valence-electron chi connectivity index (χ0n) is 18.0. The van der Waals surface area contributed by atoms with Gasteiger partial charge in [-0.3, -0.25) is 24.6 Å². The number of carbonyl (C=O) groups is 3. The third-order valence-electron chi connectivity index (χ3n) is 7.00. The van der Waals surface area contributed by atoms with Crippen molar-refractivity contribution in [2.75, 3.05) is 11.9 Å². The highest BCUT2D eigenvalue weighted by Crippen LogP contribution is 2.53. The third-order valence-corrected chi connectivity index (χ3v) is 7.00. The van der Waals surface area contributed by atoms with E-state index in [9.17, 15) is 29.0 Å². The lowest BCUT2D eigenvalue weighted by Crippen LogP contribution is -2.53. The summed E-state index contributed by atoms with van der Waals surface area (Å²) in [7, 11) is 0. The number of hydrogen-bond acceptors (Lipinski definition) is 6. The van der Waals surface area contributed by atoms with Crippen molar-refractivity contribution >= 4 is 23.4 Å². The summed E-state index contributed by atoms with van der Waals surface area (Å²) in [4.78, 5) is 41.5. The SMILES string of the molecule is CCCCN1C(=O)[C@H]2[C@@H](C1=O)[C@@]1(N[C@@H]2Cc2ccc(O)c(O)c2)C(=O)Nc2ccc(F)cc21. The normalized spacial score (nSPS) is 27.9. The van der Waals surface area contributed by atoms with Crippen molar-refractivity contribution in [3.8, 4) is 11.5 Å². The average Bonchev–Trinajstić information content (AvgIpc) is 3.34. The molecule has 0 aliphatic carbocycles. The predicted molar refractivity (Wildman–Crippen MR) is 116 cm³/mol. The van der Waals surface area contributed by atoms with Crippen LogP contribution >= 0.6 is 0 Å². The molecular formula is C24H24FN3O5. The number of carbonyl (C=O) groups excluding carboxylic acids is 3. The van der Waals surface area contributed by atoms with Crippen LogP contribution in [0.2, 0.25) is 0 Å². The van der Waals surface area contributed by atoms with E-state index in [1.807, 2.05) is 6.92 Å². The number of phenolic OH excluding ortho intramolecular Hbond substituents is 2. The van der Waals surface area contributed by atoms with Crippen LogP contribution in [0.1, 0.15) is 30.9 Å². The zero-order chi connectivity index (χ0) is 23.5. The highest BCUT2D eigenvalue weighted by Gasteiger charge is 2.70. The Balaban J connectivity index is 1.61. The van der Waals surface area contributed by atoms with Crippen molar-refractivity contribution in [2.45, 2.75) is 37.8 Å². The molecular weight excluding hydrogens is 429 g/mol. The van der Waals surface area contributed by atoms with E-state index in [1.165, 1.54) is 35.2 Å². The Labute approximate surface area is 189 Å². The monoisotopic (exact) mass is 453 g/mol. The van der Waals surface area contributed by atoms with E-state index < -0.39 is 41.0 Å². The Kier molecular flexibility index (Phi) is 4.89. The first-order chi connectivity index (χ1) is 15.8. The van der Waals surface area contributed by atoms with Gasteiger partial charge in [-0.15, -0.1) is 0 Å². The van der Waals surface area contributed by atoms with Crippen molar-refractivity contribution in [3.05, 3.63) is 53.3 Å². The van der Waals surface area contributed by atoms with E-state index in [-0.39, 0.29) is 30.4 Å². The number of nitrogens with zero attached hydrogens (tertiary/aromatic N) is 1. The molecule has 5 rings (SSSR count). The highest BCUT2D eigenvalue weighted by molar-refractivity contribution is 6.15. The molecule has 9 heteroatoms. The van der Waals surface area contributed by atoms with E-state index in [2.05, 4.69) is 10.6 Å². The summed E-state index contributed by atoms with van der Waals surface area (Å²) in [5.74, 6) is -4.25. The van der Waals surface area contributed by atoms with Gasteiger partial charge in [0.1, 0.15) is 11.4 Å². The van der Waals surface area contributed by atoms with Gasteiger partial charge in [0.05, 0.1) is 11.8 Å².